The highest BCUT2D eigenvalue weighted by atomic mass is 16.2. The van der Waals surface area contributed by atoms with E-state index in [1.54, 1.807) is 0 Å². The number of nitrogens with zero attached hydrogens (tertiary/aromatic N) is 3. The van der Waals surface area contributed by atoms with Crippen LogP contribution in [0.2, 0.25) is 0 Å². The number of hydrogen-bond acceptors (Lipinski definition) is 3. The number of carbonyl (C=O) groups is 1. The number of aryl methyl sites for hydroxylation is 2. The topological polar surface area (TPSA) is 50.2 Å². The fourth-order valence-electron chi connectivity index (χ4n) is 3.41. The average Bonchev–Trinajstić information content (AvgIpc) is 3.02. The van der Waals surface area contributed by atoms with Crippen LogP contribution in [0.15, 0.2) is 36.7 Å². The molecule has 0 aliphatic heterocycles. The van der Waals surface area contributed by atoms with Gasteiger partial charge in [-0.3, -0.25) is 9.48 Å². The molecule has 3 rings (SSSR count). The van der Waals surface area contributed by atoms with Gasteiger partial charge in [0.15, 0.2) is 0 Å². The van der Waals surface area contributed by atoms with Crippen LogP contribution in [0.4, 0.5) is 0 Å². The summed E-state index contributed by atoms with van der Waals surface area (Å²) >= 11 is 0. The highest BCUT2D eigenvalue weighted by Gasteiger charge is 2.25. The van der Waals surface area contributed by atoms with E-state index in [4.69, 9.17) is 0 Å². The van der Waals surface area contributed by atoms with Crippen molar-refractivity contribution in [2.24, 2.45) is 0 Å². The van der Waals surface area contributed by atoms with Crippen LogP contribution in [0.1, 0.15) is 35.6 Å². The molecule has 24 heavy (non-hydrogen) atoms. The van der Waals surface area contributed by atoms with Gasteiger partial charge in [-0.15, -0.1) is 0 Å². The van der Waals surface area contributed by atoms with E-state index in [9.17, 15) is 4.79 Å². The van der Waals surface area contributed by atoms with Crippen molar-refractivity contribution in [3.8, 4) is 0 Å². The van der Waals surface area contributed by atoms with E-state index in [0.717, 1.165) is 37.9 Å². The molecule has 5 nitrogen and oxygen atoms in total. The second-order valence-electron chi connectivity index (χ2n) is 6.57. The van der Waals surface area contributed by atoms with E-state index in [1.165, 1.54) is 11.1 Å². The Kier molecular flexibility index (Phi) is 5.30. The van der Waals surface area contributed by atoms with Crippen LogP contribution in [-0.4, -0.2) is 40.7 Å². The van der Waals surface area contributed by atoms with Crippen LogP contribution in [0, 0.1) is 6.92 Å². The summed E-state index contributed by atoms with van der Waals surface area (Å²) in [7, 11) is 1.92. The summed E-state index contributed by atoms with van der Waals surface area (Å²) < 4.78 is 1.90. The van der Waals surface area contributed by atoms with Gasteiger partial charge >= 0.3 is 0 Å². The lowest BCUT2D eigenvalue weighted by Crippen LogP contribution is -2.39. The Bertz CT molecular complexity index is 694. The van der Waals surface area contributed by atoms with Crippen LogP contribution >= 0.6 is 0 Å². The molecule has 1 N–H and O–H groups in total. The average molecular weight is 326 g/mol. The number of hydrogen-bond donors (Lipinski definition) is 1. The van der Waals surface area contributed by atoms with Crippen molar-refractivity contribution >= 4 is 5.91 Å². The largest absolute Gasteiger partial charge is 0.338 e. The summed E-state index contributed by atoms with van der Waals surface area (Å²) in [5.41, 5.74) is 3.85. The molecule has 0 spiro atoms. The van der Waals surface area contributed by atoms with Gasteiger partial charge in [0.05, 0.1) is 25.3 Å². The molecule has 1 heterocycles. The van der Waals surface area contributed by atoms with Gasteiger partial charge in [0.1, 0.15) is 0 Å². The van der Waals surface area contributed by atoms with E-state index in [2.05, 4.69) is 34.7 Å². The van der Waals surface area contributed by atoms with Gasteiger partial charge in [-0.05, 0) is 42.9 Å². The van der Waals surface area contributed by atoms with Gasteiger partial charge in [0.2, 0.25) is 5.91 Å². The normalized spacial score (nSPS) is 16.7. The van der Waals surface area contributed by atoms with Crippen molar-refractivity contribution in [1.29, 1.82) is 0 Å². The Labute approximate surface area is 143 Å². The van der Waals surface area contributed by atoms with Gasteiger partial charge in [0, 0.05) is 19.8 Å². The number of nitrogens with one attached hydrogen (secondary N) is 1. The Morgan fingerprint density at radius 3 is 3.04 bits per heavy atom. The standard InChI is InChI=1S/C19H26N4O/c1-15-12-21-23(14-15)11-10-20-13-19(24)22(2)18-9-5-7-16-6-3-4-8-17(16)18/h3-4,6,8,12,14,18,20H,5,7,9-11,13H2,1-2H3/t18-/m0/s1. The Morgan fingerprint density at radius 2 is 2.25 bits per heavy atom. The molecular formula is C19H26N4O. The lowest BCUT2D eigenvalue weighted by Gasteiger charge is -2.33. The third kappa shape index (κ3) is 3.85. The quantitative estimate of drug-likeness (QED) is 0.829. The zero-order valence-corrected chi connectivity index (χ0v) is 14.5. The Hall–Kier alpha value is -2.14. The molecule has 5 heteroatoms. The molecule has 0 fully saturated rings. The summed E-state index contributed by atoms with van der Waals surface area (Å²) in [5, 5.41) is 7.48. The first-order valence-corrected chi connectivity index (χ1v) is 8.68. The number of amides is 1. The van der Waals surface area contributed by atoms with Crippen molar-refractivity contribution in [3.63, 3.8) is 0 Å². The highest BCUT2D eigenvalue weighted by Crippen LogP contribution is 2.33. The van der Waals surface area contributed by atoms with Crippen molar-refractivity contribution in [2.45, 2.75) is 38.8 Å². The second kappa shape index (κ2) is 7.62. The minimum atomic E-state index is 0.147. The van der Waals surface area contributed by atoms with Crippen LogP contribution in [-0.2, 0) is 17.8 Å². The molecule has 1 aromatic heterocycles. The molecule has 0 saturated heterocycles. The molecule has 1 atom stereocenters. The van der Waals surface area contributed by atoms with E-state index in [-0.39, 0.29) is 11.9 Å². The Morgan fingerprint density at radius 1 is 1.42 bits per heavy atom. The van der Waals surface area contributed by atoms with Crippen LogP contribution in [0.25, 0.3) is 0 Å². The molecule has 1 aliphatic rings. The van der Waals surface area contributed by atoms with Gasteiger partial charge in [-0.1, -0.05) is 24.3 Å². The Balaban J connectivity index is 1.50. The first-order valence-electron chi connectivity index (χ1n) is 8.68. The predicted molar refractivity (Wildman–Crippen MR) is 94.7 cm³/mol. The molecule has 1 amide bonds. The summed E-state index contributed by atoms with van der Waals surface area (Å²) in [6.45, 7) is 3.91. The molecule has 0 bridgehead atoms. The molecule has 1 aliphatic carbocycles. The number of rotatable bonds is 6. The van der Waals surface area contributed by atoms with Gasteiger partial charge in [0.25, 0.3) is 0 Å². The number of carbonyl (C=O) groups excluding carboxylic acids is 1. The minimum Gasteiger partial charge on any atom is -0.338 e. The van der Waals surface area contributed by atoms with E-state index < -0.39 is 0 Å². The maximum absolute atomic E-state index is 12.5. The molecule has 1 aromatic carbocycles. The van der Waals surface area contributed by atoms with Crippen LogP contribution in [0.3, 0.4) is 0 Å². The zero-order valence-electron chi connectivity index (χ0n) is 14.5. The molecule has 128 valence electrons. The summed E-state index contributed by atoms with van der Waals surface area (Å²) in [6.07, 6.45) is 7.17. The maximum Gasteiger partial charge on any atom is 0.236 e. The SMILES string of the molecule is Cc1cnn(CCNCC(=O)N(C)[C@H]2CCCc3ccccc32)c1. The fourth-order valence-corrected chi connectivity index (χ4v) is 3.41. The van der Waals surface area contributed by atoms with Crippen molar-refractivity contribution in [3.05, 3.63) is 53.3 Å². The molecule has 0 radical (unpaired) electrons. The third-order valence-electron chi connectivity index (χ3n) is 4.75. The lowest BCUT2D eigenvalue weighted by atomic mass is 9.87. The number of benzene rings is 1. The smallest absolute Gasteiger partial charge is 0.236 e. The van der Waals surface area contributed by atoms with E-state index in [1.807, 2.05) is 35.9 Å². The highest BCUT2D eigenvalue weighted by molar-refractivity contribution is 5.78. The third-order valence-corrected chi connectivity index (χ3v) is 4.75. The van der Waals surface area contributed by atoms with E-state index in [0.29, 0.717) is 6.54 Å². The maximum atomic E-state index is 12.5. The summed E-state index contributed by atoms with van der Waals surface area (Å²) in [4.78, 5) is 14.4. The first kappa shape index (κ1) is 16.7. The number of aromatic nitrogens is 2. The molecule has 0 unspecified atom stereocenters. The van der Waals surface area contributed by atoms with Crippen LogP contribution in [0.5, 0.6) is 0 Å². The van der Waals surface area contributed by atoms with Gasteiger partial charge in [-0.25, -0.2) is 0 Å². The van der Waals surface area contributed by atoms with E-state index >= 15 is 0 Å². The van der Waals surface area contributed by atoms with Crippen molar-refractivity contribution in [2.75, 3.05) is 20.1 Å². The molecule has 0 saturated carbocycles. The predicted octanol–water partition coefficient (Wildman–Crippen LogP) is 2.32. The second-order valence-corrected chi connectivity index (χ2v) is 6.57. The molecular weight excluding hydrogens is 300 g/mol. The van der Waals surface area contributed by atoms with Crippen LogP contribution < -0.4 is 5.32 Å². The summed E-state index contributed by atoms with van der Waals surface area (Å²) in [5.74, 6) is 0.147. The number of fused-ring (bicyclic) bond motifs is 1. The lowest BCUT2D eigenvalue weighted by molar-refractivity contribution is -0.131. The van der Waals surface area contributed by atoms with Gasteiger partial charge in [-0.2, -0.15) is 5.10 Å². The van der Waals surface area contributed by atoms with Gasteiger partial charge < -0.3 is 10.2 Å². The monoisotopic (exact) mass is 326 g/mol. The summed E-state index contributed by atoms with van der Waals surface area (Å²) in [6, 6.07) is 8.71. The first-order chi connectivity index (χ1) is 11.6. The van der Waals surface area contributed by atoms with Crippen molar-refractivity contribution in [1.82, 2.24) is 20.0 Å². The van der Waals surface area contributed by atoms with Crippen molar-refractivity contribution < 1.29 is 4.79 Å². The zero-order chi connectivity index (χ0) is 16.9. The number of likely N-dealkylation sites (N-methyl/N-ethyl adjacent to an activating group) is 1. The fraction of sp³-hybridized carbons (Fsp3) is 0.474. The molecule has 2 aromatic rings. The minimum absolute atomic E-state index is 0.147.